The number of nitrogens with zero attached hydrogens (tertiary/aromatic N) is 1. The van der Waals surface area contributed by atoms with Crippen molar-refractivity contribution in [1.29, 1.82) is 0 Å². The van der Waals surface area contributed by atoms with Gasteiger partial charge in [-0.1, -0.05) is 12.1 Å². The Morgan fingerprint density at radius 2 is 1.83 bits per heavy atom. The Labute approximate surface area is 108 Å². The molecule has 5 heteroatoms. The van der Waals surface area contributed by atoms with Gasteiger partial charge in [-0.15, -0.1) is 0 Å². The van der Waals surface area contributed by atoms with Crippen LogP contribution in [0, 0.1) is 0 Å². The van der Waals surface area contributed by atoms with Crippen molar-refractivity contribution < 1.29 is 19.7 Å². The van der Waals surface area contributed by atoms with Crippen molar-refractivity contribution >= 4 is 5.69 Å². The number of rotatable bonds is 9. The number of hydrogen-bond donors (Lipinski definition) is 2. The first-order valence-electron chi connectivity index (χ1n) is 6.01. The van der Waals surface area contributed by atoms with Gasteiger partial charge in [0.2, 0.25) is 0 Å². The third-order valence-corrected chi connectivity index (χ3v) is 2.54. The van der Waals surface area contributed by atoms with Gasteiger partial charge in [0.05, 0.1) is 39.2 Å². The van der Waals surface area contributed by atoms with Gasteiger partial charge in [-0.05, 0) is 12.1 Å². The molecule has 18 heavy (non-hydrogen) atoms. The number of hydrogen-bond acceptors (Lipinski definition) is 5. The highest BCUT2D eigenvalue weighted by Gasteiger charge is 2.10. The van der Waals surface area contributed by atoms with Gasteiger partial charge in [-0.25, -0.2) is 0 Å². The smallest absolute Gasteiger partial charge is 0.142 e. The molecular formula is C13H21NO4. The first kappa shape index (κ1) is 14.8. The second kappa shape index (κ2) is 8.74. The van der Waals surface area contributed by atoms with Crippen LogP contribution in [0.5, 0.6) is 5.75 Å². The zero-order valence-corrected chi connectivity index (χ0v) is 10.7. The standard InChI is InChI=1S/C13H21NO4/c1-17-13-5-3-2-4-12(13)14(6-8-15)7-10-18-11-9-16/h2-5,15-16H,6-11H2,1H3. The minimum atomic E-state index is 0.0225. The molecule has 0 unspecified atom stereocenters. The number of anilines is 1. The zero-order valence-electron chi connectivity index (χ0n) is 10.7. The van der Waals surface area contributed by atoms with E-state index in [1.165, 1.54) is 0 Å². The third-order valence-electron chi connectivity index (χ3n) is 2.54. The molecule has 0 aliphatic rings. The first-order chi connectivity index (χ1) is 8.83. The normalized spacial score (nSPS) is 10.4. The van der Waals surface area contributed by atoms with E-state index in [-0.39, 0.29) is 13.2 Å². The summed E-state index contributed by atoms with van der Waals surface area (Å²) in [7, 11) is 1.62. The fraction of sp³-hybridized carbons (Fsp3) is 0.538. The SMILES string of the molecule is COc1ccccc1N(CCO)CCOCCO. The number of benzene rings is 1. The Hall–Kier alpha value is -1.30. The maximum absolute atomic E-state index is 9.10. The Kier molecular flexibility index (Phi) is 7.17. The van der Waals surface area contributed by atoms with E-state index in [2.05, 4.69) is 0 Å². The van der Waals surface area contributed by atoms with Crippen LogP contribution in [0.4, 0.5) is 5.69 Å². The molecule has 0 radical (unpaired) electrons. The van der Waals surface area contributed by atoms with Gasteiger partial charge in [-0.3, -0.25) is 0 Å². The van der Waals surface area contributed by atoms with Crippen LogP contribution in [-0.4, -0.2) is 56.8 Å². The molecule has 5 nitrogen and oxygen atoms in total. The molecule has 0 saturated carbocycles. The lowest BCUT2D eigenvalue weighted by Crippen LogP contribution is -2.31. The molecular weight excluding hydrogens is 234 g/mol. The van der Waals surface area contributed by atoms with Crippen molar-refractivity contribution in [2.75, 3.05) is 51.5 Å². The molecule has 0 aliphatic carbocycles. The van der Waals surface area contributed by atoms with Gasteiger partial charge in [0.1, 0.15) is 5.75 Å². The summed E-state index contributed by atoms with van der Waals surface area (Å²) in [6.45, 7) is 2.08. The average Bonchev–Trinajstić information content (AvgIpc) is 2.42. The summed E-state index contributed by atoms with van der Waals surface area (Å²) in [4.78, 5) is 2.00. The highest BCUT2D eigenvalue weighted by molar-refractivity contribution is 5.58. The summed E-state index contributed by atoms with van der Waals surface area (Å²) in [5.41, 5.74) is 0.932. The van der Waals surface area contributed by atoms with Crippen LogP contribution in [0.25, 0.3) is 0 Å². The monoisotopic (exact) mass is 255 g/mol. The molecule has 1 aromatic rings. The third kappa shape index (κ3) is 4.52. The van der Waals surface area contributed by atoms with Crippen molar-refractivity contribution in [2.45, 2.75) is 0 Å². The number of methoxy groups -OCH3 is 1. The van der Waals surface area contributed by atoms with E-state index >= 15 is 0 Å². The second-order valence-corrected chi connectivity index (χ2v) is 3.72. The van der Waals surface area contributed by atoms with Crippen molar-refractivity contribution in [3.63, 3.8) is 0 Å². The van der Waals surface area contributed by atoms with E-state index < -0.39 is 0 Å². The van der Waals surface area contributed by atoms with E-state index in [1.807, 2.05) is 29.2 Å². The Morgan fingerprint density at radius 1 is 1.06 bits per heavy atom. The molecule has 2 N–H and O–H groups in total. The summed E-state index contributed by atoms with van der Waals surface area (Å²) in [6, 6.07) is 7.66. The minimum absolute atomic E-state index is 0.0225. The van der Waals surface area contributed by atoms with E-state index in [1.54, 1.807) is 7.11 Å². The maximum Gasteiger partial charge on any atom is 0.142 e. The van der Waals surface area contributed by atoms with Crippen molar-refractivity contribution in [2.24, 2.45) is 0 Å². The molecule has 0 spiro atoms. The summed E-state index contributed by atoms with van der Waals surface area (Å²) in [6.07, 6.45) is 0. The molecule has 0 aliphatic heterocycles. The molecule has 1 aromatic carbocycles. The van der Waals surface area contributed by atoms with Crippen LogP contribution in [0.2, 0.25) is 0 Å². The van der Waals surface area contributed by atoms with Crippen molar-refractivity contribution in [3.05, 3.63) is 24.3 Å². The number of aliphatic hydroxyl groups excluding tert-OH is 2. The molecule has 0 fully saturated rings. The highest BCUT2D eigenvalue weighted by Crippen LogP contribution is 2.27. The van der Waals surface area contributed by atoms with Gasteiger partial charge >= 0.3 is 0 Å². The molecule has 0 aromatic heterocycles. The average molecular weight is 255 g/mol. The molecule has 102 valence electrons. The summed E-state index contributed by atoms with van der Waals surface area (Å²) < 4.78 is 10.5. The molecule has 0 bridgehead atoms. The van der Waals surface area contributed by atoms with Crippen LogP contribution in [0.1, 0.15) is 0 Å². The van der Waals surface area contributed by atoms with Crippen LogP contribution in [0.3, 0.4) is 0 Å². The fourth-order valence-electron chi connectivity index (χ4n) is 1.71. The number of aliphatic hydroxyl groups is 2. The summed E-state index contributed by atoms with van der Waals surface area (Å²) >= 11 is 0. The number of ether oxygens (including phenoxy) is 2. The quantitative estimate of drug-likeness (QED) is 0.629. The number of para-hydroxylation sites is 2. The van der Waals surface area contributed by atoms with Crippen molar-refractivity contribution in [1.82, 2.24) is 0 Å². The highest BCUT2D eigenvalue weighted by atomic mass is 16.5. The van der Waals surface area contributed by atoms with Gasteiger partial charge in [0.15, 0.2) is 0 Å². The van der Waals surface area contributed by atoms with Crippen LogP contribution < -0.4 is 9.64 Å². The molecule has 0 atom stereocenters. The molecule has 0 saturated heterocycles. The Balaban J connectivity index is 2.64. The predicted molar refractivity (Wildman–Crippen MR) is 70.2 cm³/mol. The van der Waals surface area contributed by atoms with Crippen molar-refractivity contribution in [3.8, 4) is 5.75 Å². The molecule has 0 amide bonds. The van der Waals surface area contributed by atoms with Gasteiger partial charge in [-0.2, -0.15) is 0 Å². The minimum Gasteiger partial charge on any atom is -0.495 e. The maximum atomic E-state index is 9.10. The lowest BCUT2D eigenvalue weighted by molar-refractivity contribution is 0.0962. The van der Waals surface area contributed by atoms with E-state index in [0.717, 1.165) is 11.4 Å². The predicted octanol–water partition coefficient (Wildman–Crippen LogP) is 0.503. The molecule has 1 rings (SSSR count). The Bertz CT molecular complexity index is 333. The largest absolute Gasteiger partial charge is 0.495 e. The van der Waals surface area contributed by atoms with Crippen LogP contribution >= 0.6 is 0 Å². The van der Waals surface area contributed by atoms with Crippen LogP contribution in [0.15, 0.2) is 24.3 Å². The first-order valence-corrected chi connectivity index (χ1v) is 6.01. The van der Waals surface area contributed by atoms with Gasteiger partial charge in [0, 0.05) is 13.1 Å². The van der Waals surface area contributed by atoms with Gasteiger partial charge in [0.25, 0.3) is 0 Å². The topological polar surface area (TPSA) is 62.2 Å². The summed E-state index contributed by atoms with van der Waals surface area (Å²) in [5, 5.41) is 17.7. The zero-order chi connectivity index (χ0) is 13.2. The van der Waals surface area contributed by atoms with Gasteiger partial charge < -0.3 is 24.6 Å². The van der Waals surface area contributed by atoms with Crippen LogP contribution in [-0.2, 0) is 4.74 Å². The van der Waals surface area contributed by atoms with E-state index in [0.29, 0.717) is 26.3 Å². The Morgan fingerprint density at radius 3 is 2.50 bits per heavy atom. The summed E-state index contributed by atoms with van der Waals surface area (Å²) in [5.74, 6) is 0.771. The molecule has 0 heterocycles. The lowest BCUT2D eigenvalue weighted by atomic mass is 10.2. The fourth-order valence-corrected chi connectivity index (χ4v) is 1.71. The van der Waals surface area contributed by atoms with E-state index in [9.17, 15) is 0 Å². The second-order valence-electron chi connectivity index (χ2n) is 3.72. The van der Waals surface area contributed by atoms with E-state index in [4.69, 9.17) is 19.7 Å². The lowest BCUT2D eigenvalue weighted by Gasteiger charge is -2.25.